The van der Waals surface area contributed by atoms with Crippen molar-refractivity contribution < 1.29 is 4.42 Å². The van der Waals surface area contributed by atoms with Gasteiger partial charge in [-0.2, -0.15) is 0 Å². The maximum atomic E-state index is 6.02. The van der Waals surface area contributed by atoms with Crippen LogP contribution in [0, 0.1) is 0 Å². The number of benzene rings is 6. The van der Waals surface area contributed by atoms with E-state index in [0.29, 0.717) is 0 Å². The molecule has 7 aromatic rings. The van der Waals surface area contributed by atoms with Gasteiger partial charge in [0.2, 0.25) is 0 Å². The maximum Gasteiger partial charge on any atom is 0.135 e. The van der Waals surface area contributed by atoms with Gasteiger partial charge in [0.1, 0.15) is 11.2 Å². The lowest BCUT2D eigenvalue weighted by Gasteiger charge is -2.27. The first-order chi connectivity index (χ1) is 17.8. The fourth-order valence-corrected chi connectivity index (χ4v) is 5.12. The molecule has 1 aromatic heterocycles. The second-order valence-corrected chi connectivity index (χ2v) is 9.03. The lowest BCUT2D eigenvalue weighted by molar-refractivity contribution is 0.669. The van der Waals surface area contributed by atoms with Crippen LogP contribution in [-0.4, -0.2) is 0 Å². The monoisotopic (exact) mass is 461 g/mol. The summed E-state index contributed by atoms with van der Waals surface area (Å²) < 4.78 is 6.02. The minimum absolute atomic E-state index is 0.919. The van der Waals surface area contributed by atoms with Crippen molar-refractivity contribution in [2.45, 2.75) is 0 Å². The van der Waals surface area contributed by atoms with Crippen molar-refractivity contribution in [1.29, 1.82) is 0 Å². The van der Waals surface area contributed by atoms with Crippen molar-refractivity contribution in [3.63, 3.8) is 0 Å². The zero-order valence-electron chi connectivity index (χ0n) is 19.6. The zero-order valence-corrected chi connectivity index (χ0v) is 19.6. The summed E-state index contributed by atoms with van der Waals surface area (Å²) in [5, 5.41) is 4.75. The molecular formula is C34H23NO. The lowest BCUT2D eigenvalue weighted by atomic mass is 10.0. The van der Waals surface area contributed by atoms with E-state index in [1.807, 2.05) is 12.1 Å². The molecule has 0 spiro atoms. The summed E-state index contributed by atoms with van der Waals surface area (Å²) in [7, 11) is 0. The Balaban J connectivity index is 1.34. The third-order valence-corrected chi connectivity index (χ3v) is 6.86. The van der Waals surface area contributed by atoms with E-state index in [2.05, 4.69) is 132 Å². The summed E-state index contributed by atoms with van der Waals surface area (Å²) in [5.41, 5.74) is 7.62. The van der Waals surface area contributed by atoms with Crippen molar-refractivity contribution >= 4 is 49.8 Å². The van der Waals surface area contributed by atoms with Crippen molar-refractivity contribution in [2.24, 2.45) is 0 Å². The molecule has 0 amide bonds. The van der Waals surface area contributed by atoms with Gasteiger partial charge in [-0.05, 0) is 65.0 Å². The Labute approximate surface area is 209 Å². The number of fused-ring (bicyclic) bond motifs is 4. The normalized spacial score (nSPS) is 11.3. The number of para-hydroxylation sites is 2. The molecule has 0 fully saturated rings. The van der Waals surface area contributed by atoms with Gasteiger partial charge >= 0.3 is 0 Å². The highest BCUT2D eigenvalue weighted by molar-refractivity contribution is 6.06. The SMILES string of the molecule is c1ccc(N(c2ccc(-c3ccc4oc5ccccc5c4c3)cc2)c2cccc3ccccc23)cc1. The van der Waals surface area contributed by atoms with Gasteiger partial charge in [0.25, 0.3) is 0 Å². The third-order valence-electron chi connectivity index (χ3n) is 6.86. The van der Waals surface area contributed by atoms with Gasteiger partial charge in [-0.1, -0.05) is 91.0 Å². The topological polar surface area (TPSA) is 16.4 Å². The number of hydrogen-bond acceptors (Lipinski definition) is 2. The minimum Gasteiger partial charge on any atom is -0.456 e. The summed E-state index contributed by atoms with van der Waals surface area (Å²) in [6.45, 7) is 0. The first-order valence-electron chi connectivity index (χ1n) is 12.2. The van der Waals surface area contributed by atoms with Crippen molar-refractivity contribution in [2.75, 3.05) is 4.90 Å². The van der Waals surface area contributed by atoms with Crippen molar-refractivity contribution in [1.82, 2.24) is 0 Å². The van der Waals surface area contributed by atoms with Crippen LogP contribution in [-0.2, 0) is 0 Å². The number of hydrogen-bond donors (Lipinski definition) is 0. The molecule has 0 aliphatic carbocycles. The van der Waals surface area contributed by atoms with Crippen LogP contribution < -0.4 is 4.90 Å². The Morgan fingerprint density at radius 2 is 1.06 bits per heavy atom. The Hall–Kier alpha value is -4.82. The summed E-state index contributed by atoms with van der Waals surface area (Å²) in [6, 6.07) is 49.1. The first kappa shape index (κ1) is 20.5. The van der Waals surface area contributed by atoms with Crippen LogP contribution in [0.2, 0.25) is 0 Å². The van der Waals surface area contributed by atoms with E-state index in [1.165, 1.54) is 27.6 Å². The maximum absolute atomic E-state index is 6.02. The molecule has 0 radical (unpaired) electrons. The summed E-state index contributed by atoms with van der Waals surface area (Å²) in [5.74, 6) is 0. The van der Waals surface area contributed by atoms with Gasteiger partial charge in [-0.15, -0.1) is 0 Å². The van der Waals surface area contributed by atoms with Crippen LogP contribution in [0.4, 0.5) is 17.1 Å². The Morgan fingerprint density at radius 3 is 1.92 bits per heavy atom. The van der Waals surface area contributed by atoms with E-state index in [-0.39, 0.29) is 0 Å². The number of anilines is 3. The number of nitrogens with zero attached hydrogens (tertiary/aromatic N) is 1. The molecule has 1 heterocycles. The predicted octanol–water partition coefficient (Wildman–Crippen LogP) is 9.88. The minimum atomic E-state index is 0.919. The number of furan rings is 1. The van der Waals surface area contributed by atoms with Gasteiger partial charge in [-0.25, -0.2) is 0 Å². The first-order valence-corrected chi connectivity index (χ1v) is 12.2. The van der Waals surface area contributed by atoms with E-state index in [0.717, 1.165) is 33.3 Å². The molecular weight excluding hydrogens is 438 g/mol. The molecule has 2 heteroatoms. The van der Waals surface area contributed by atoms with Gasteiger partial charge in [0.15, 0.2) is 0 Å². The molecule has 0 N–H and O–H groups in total. The Kier molecular flexibility index (Phi) is 4.82. The average molecular weight is 462 g/mol. The number of rotatable bonds is 4. The molecule has 170 valence electrons. The molecule has 0 aliphatic rings. The molecule has 6 aromatic carbocycles. The summed E-state index contributed by atoms with van der Waals surface area (Å²) in [4.78, 5) is 2.33. The van der Waals surface area contributed by atoms with Crippen LogP contribution in [0.15, 0.2) is 144 Å². The van der Waals surface area contributed by atoms with Crippen LogP contribution in [0.25, 0.3) is 43.8 Å². The molecule has 0 unspecified atom stereocenters. The van der Waals surface area contributed by atoms with E-state index < -0.39 is 0 Å². The van der Waals surface area contributed by atoms with Crippen LogP contribution >= 0.6 is 0 Å². The predicted molar refractivity (Wildman–Crippen MR) is 151 cm³/mol. The molecule has 0 aliphatic heterocycles. The second kappa shape index (κ2) is 8.44. The van der Waals surface area contributed by atoms with Crippen LogP contribution in [0.5, 0.6) is 0 Å². The molecule has 0 atom stereocenters. The molecule has 2 nitrogen and oxygen atoms in total. The third kappa shape index (κ3) is 3.43. The Morgan fingerprint density at radius 1 is 0.417 bits per heavy atom. The van der Waals surface area contributed by atoms with Gasteiger partial charge in [-0.3, -0.25) is 0 Å². The zero-order chi connectivity index (χ0) is 23.9. The summed E-state index contributed by atoms with van der Waals surface area (Å²) in [6.07, 6.45) is 0. The van der Waals surface area contributed by atoms with Gasteiger partial charge < -0.3 is 9.32 Å². The molecule has 0 saturated heterocycles. The van der Waals surface area contributed by atoms with E-state index in [9.17, 15) is 0 Å². The second-order valence-electron chi connectivity index (χ2n) is 9.03. The highest BCUT2D eigenvalue weighted by atomic mass is 16.3. The lowest BCUT2D eigenvalue weighted by Crippen LogP contribution is -2.10. The smallest absolute Gasteiger partial charge is 0.135 e. The molecule has 7 rings (SSSR count). The van der Waals surface area contributed by atoms with Gasteiger partial charge in [0, 0.05) is 27.5 Å². The quantitative estimate of drug-likeness (QED) is 0.259. The van der Waals surface area contributed by atoms with E-state index in [1.54, 1.807) is 0 Å². The van der Waals surface area contributed by atoms with E-state index >= 15 is 0 Å². The van der Waals surface area contributed by atoms with Crippen molar-refractivity contribution in [3.8, 4) is 11.1 Å². The largest absolute Gasteiger partial charge is 0.456 e. The average Bonchev–Trinajstić information content (AvgIpc) is 3.32. The fourth-order valence-electron chi connectivity index (χ4n) is 5.12. The highest BCUT2D eigenvalue weighted by Crippen LogP contribution is 2.39. The van der Waals surface area contributed by atoms with Crippen LogP contribution in [0.3, 0.4) is 0 Å². The standard InChI is InChI=1S/C34H23NO/c1-2-11-27(12-3-1)35(32-15-8-10-25-9-4-5-13-29(25)32)28-20-17-24(18-21-28)26-19-22-34-31(23-26)30-14-6-7-16-33(30)36-34/h1-23H. The van der Waals surface area contributed by atoms with E-state index in [4.69, 9.17) is 4.42 Å². The Bertz CT molecular complexity index is 1830. The molecule has 0 saturated carbocycles. The molecule has 36 heavy (non-hydrogen) atoms. The fraction of sp³-hybridized carbons (Fsp3) is 0. The molecule has 0 bridgehead atoms. The van der Waals surface area contributed by atoms with Crippen molar-refractivity contribution in [3.05, 3.63) is 140 Å². The highest BCUT2D eigenvalue weighted by Gasteiger charge is 2.15. The van der Waals surface area contributed by atoms with Gasteiger partial charge in [0.05, 0.1) is 5.69 Å². The van der Waals surface area contributed by atoms with Crippen LogP contribution in [0.1, 0.15) is 0 Å². The summed E-state index contributed by atoms with van der Waals surface area (Å²) >= 11 is 0.